The topological polar surface area (TPSA) is 94.8 Å². The highest BCUT2D eigenvalue weighted by Crippen LogP contribution is 2.43. The maximum absolute atomic E-state index is 14.1. The molecule has 5 rings (SSSR count). The zero-order valence-electron chi connectivity index (χ0n) is 20.6. The number of imide groups is 1. The molecule has 0 radical (unpaired) electrons. The summed E-state index contributed by atoms with van der Waals surface area (Å²) in [4.78, 5) is 30.5. The van der Waals surface area contributed by atoms with Gasteiger partial charge in [0.2, 0.25) is 23.5 Å². The van der Waals surface area contributed by atoms with Crippen LogP contribution in [0.3, 0.4) is 0 Å². The molecule has 0 aliphatic carbocycles. The van der Waals surface area contributed by atoms with Crippen LogP contribution >= 0.6 is 11.8 Å². The molecule has 0 spiro atoms. The molecule has 2 fully saturated rings. The van der Waals surface area contributed by atoms with Gasteiger partial charge in [-0.15, -0.1) is 11.8 Å². The molecule has 38 heavy (non-hydrogen) atoms. The van der Waals surface area contributed by atoms with Crippen LogP contribution in [0.1, 0.15) is 38.1 Å². The van der Waals surface area contributed by atoms with Crippen LogP contribution in [0.4, 0.5) is 13.2 Å². The van der Waals surface area contributed by atoms with Crippen molar-refractivity contribution in [2.75, 3.05) is 13.2 Å². The van der Waals surface area contributed by atoms with Crippen LogP contribution in [-0.2, 0) is 27.0 Å². The first kappa shape index (κ1) is 26.2. The first-order valence-corrected chi connectivity index (χ1v) is 12.8. The lowest BCUT2D eigenvalue weighted by molar-refractivity contribution is -0.142. The molecule has 2 aliphatic rings. The fourth-order valence-corrected chi connectivity index (χ4v) is 5.40. The van der Waals surface area contributed by atoms with Gasteiger partial charge >= 0.3 is 6.18 Å². The minimum absolute atomic E-state index is 0.0462. The van der Waals surface area contributed by atoms with E-state index in [4.69, 9.17) is 14.0 Å². The largest absolute Gasteiger partial charge is 0.456 e. The Labute approximate surface area is 220 Å². The van der Waals surface area contributed by atoms with Crippen molar-refractivity contribution < 1.29 is 36.8 Å². The molecule has 3 aromatic rings. The van der Waals surface area contributed by atoms with Crippen molar-refractivity contribution in [2.45, 2.75) is 49.6 Å². The number of para-hydroxylation sites is 1. The van der Waals surface area contributed by atoms with Crippen LogP contribution in [-0.4, -0.2) is 45.3 Å². The fourth-order valence-electron chi connectivity index (χ4n) is 4.27. The summed E-state index contributed by atoms with van der Waals surface area (Å²) in [7, 11) is 0. The first-order chi connectivity index (χ1) is 18.0. The minimum atomic E-state index is -4.72. The molecule has 2 saturated heterocycles. The van der Waals surface area contributed by atoms with E-state index >= 15 is 0 Å². The van der Waals surface area contributed by atoms with Crippen molar-refractivity contribution in [3.05, 3.63) is 53.9 Å². The predicted octanol–water partition coefficient (Wildman–Crippen LogP) is 5.71. The van der Waals surface area contributed by atoms with Gasteiger partial charge < -0.3 is 14.0 Å². The van der Waals surface area contributed by atoms with Crippen LogP contribution in [0.2, 0.25) is 0 Å². The Morgan fingerprint density at radius 3 is 2.63 bits per heavy atom. The Kier molecular flexibility index (Phi) is 6.95. The summed E-state index contributed by atoms with van der Waals surface area (Å²) in [6, 6.07) is 10.4. The Morgan fingerprint density at radius 1 is 1.16 bits per heavy atom. The molecule has 2 amide bonds. The Bertz CT molecular complexity index is 1370. The average Bonchev–Trinajstić information content (AvgIpc) is 3.58. The number of likely N-dealkylation sites (tertiary alicyclic amines) is 1. The van der Waals surface area contributed by atoms with Crippen molar-refractivity contribution in [3.63, 3.8) is 0 Å². The Morgan fingerprint density at radius 2 is 1.95 bits per heavy atom. The summed E-state index contributed by atoms with van der Waals surface area (Å²) in [5.74, 6) is -0.965. The summed E-state index contributed by atoms with van der Waals surface area (Å²) in [6.07, 6.45) is -3.81. The lowest BCUT2D eigenvalue weighted by Crippen LogP contribution is -2.32. The predicted molar refractivity (Wildman–Crippen MR) is 130 cm³/mol. The second kappa shape index (κ2) is 10.1. The summed E-state index contributed by atoms with van der Waals surface area (Å²) in [6.45, 7) is 4.30. The van der Waals surface area contributed by atoms with Gasteiger partial charge in [-0.05, 0) is 36.8 Å². The Hall–Kier alpha value is -3.38. The summed E-state index contributed by atoms with van der Waals surface area (Å²) in [5.41, 5.74) is -1.79. The van der Waals surface area contributed by atoms with Gasteiger partial charge in [0.05, 0.1) is 22.5 Å². The SMILES string of the molecule is CC1(C)CC(=O)N(Cc2nc(-c3ccc(Oc4ccccc4SC4CCOC4)c(C(F)(F)F)c3)no2)C1=O. The third-order valence-corrected chi connectivity index (χ3v) is 7.57. The van der Waals surface area contributed by atoms with Gasteiger partial charge in [0, 0.05) is 23.8 Å². The van der Waals surface area contributed by atoms with E-state index in [9.17, 15) is 22.8 Å². The molecule has 0 bridgehead atoms. The maximum atomic E-state index is 14.1. The monoisotopic (exact) mass is 547 g/mol. The number of alkyl halides is 3. The summed E-state index contributed by atoms with van der Waals surface area (Å²) < 4.78 is 58.5. The molecule has 12 heteroatoms. The lowest BCUT2D eigenvalue weighted by Gasteiger charge is -2.17. The number of carbonyl (C=O) groups excluding carboxylic acids is 2. The number of amides is 2. The number of rotatable bonds is 7. The molecule has 0 N–H and O–H groups in total. The molecule has 1 unspecified atom stereocenters. The molecule has 1 atom stereocenters. The van der Waals surface area contributed by atoms with Crippen molar-refractivity contribution in [2.24, 2.45) is 5.41 Å². The number of halogens is 3. The van der Waals surface area contributed by atoms with E-state index in [-0.39, 0.29) is 53.1 Å². The van der Waals surface area contributed by atoms with Crippen LogP contribution < -0.4 is 4.74 Å². The van der Waals surface area contributed by atoms with Gasteiger partial charge in [0.15, 0.2) is 0 Å². The second-order valence-electron chi connectivity index (χ2n) is 9.72. The van der Waals surface area contributed by atoms with E-state index in [0.29, 0.717) is 19.0 Å². The second-order valence-corrected chi connectivity index (χ2v) is 11.1. The molecule has 200 valence electrons. The zero-order chi connectivity index (χ0) is 27.1. The highest BCUT2D eigenvalue weighted by Gasteiger charge is 2.45. The molecule has 2 aromatic carbocycles. The maximum Gasteiger partial charge on any atom is 0.420 e. The summed E-state index contributed by atoms with van der Waals surface area (Å²) in [5, 5.41) is 3.97. The number of carbonyl (C=O) groups is 2. The van der Waals surface area contributed by atoms with E-state index in [2.05, 4.69) is 10.1 Å². The van der Waals surface area contributed by atoms with Crippen molar-refractivity contribution >= 4 is 23.6 Å². The molecular formula is C26H24F3N3O5S. The highest BCUT2D eigenvalue weighted by atomic mass is 32.2. The number of hydrogen-bond donors (Lipinski definition) is 0. The fraction of sp³-hybridized carbons (Fsp3) is 0.385. The number of nitrogens with zero attached hydrogens (tertiary/aromatic N) is 3. The number of aromatic nitrogens is 2. The molecule has 2 aliphatic heterocycles. The third kappa shape index (κ3) is 5.41. The van der Waals surface area contributed by atoms with Gasteiger partial charge in [-0.25, -0.2) is 0 Å². The number of benzene rings is 2. The third-order valence-electron chi connectivity index (χ3n) is 6.27. The minimum Gasteiger partial charge on any atom is -0.456 e. The van der Waals surface area contributed by atoms with Crippen molar-refractivity contribution in [1.29, 1.82) is 0 Å². The smallest absolute Gasteiger partial charge is 0.420 e. The van der Waals surface area contributed by atoms with E-state index in [1.165, 1.54) is 23.9 Å². The van der Waals surface area contributed by atoms with Gasteiger partial charge in [-0.2, -0.15) is 18.2 Å². The quantitative estimate of drug-likeness (QED) is 0.347. The van der Waals surface area contributed by atoms with Gasteiger partial charge in [-0.1, -0.05) is 31.1 Å². The van der Waals surface area contributed by atoms with Crippen molar-refractivity contribution in [3.8, 4) is 22.9 Å². The molecule has 3 heterocycles. The van der Waals surface area contributed by atoms with Crippen LogP contribution in [0.25, 0.3) is 11.4 Å². The average molecular weight is 548 g/mol. The van der Waals surface area contributed by atoms with Gasteiger partial charge in [0.1, 0.15) is 18.0 Å². The Balaban J connectivity index is 1.39. The first-order valence-electron chi connectivity index (χ1n) is 11.9. The van der Waals surface area contributed by atoms with E-state index in [0.717, 1.165) is 22.3 Å². The van der Waals surface area contributed by atoms with Crippen LogP contribution in [0, 0.1) is 5.41 Å². The highest BCUT2D eigenvalue weighted by molar-refractivity contribution is 8.00. The van der Waals surface area contributed by atoms with Crippen LogP contribution in [0.15, 0.2) is 51.9 Å². The van der Waals surface area contributed by atoms with E-state index in [1.807, 2.05) is 0 Å². The normalized spacial score (nSPS) is 19.4. The number of ether oxygens (including phenoxy) is 2. The molecule has 0 saturated carbocycles. The summed E-state index contributed by atoms with van der Waals surface area (Å²) >= 11 is 1.51. The number of hydrogen-bond acceptors (Lipinski definition) is 8. The van der Waals surface area contributed by atoms with Gasteiger partial charge in [0.25, 0.3) is 0 Å². The van der Waals surface area contributed by atoms with Crippen molar-refractivity contribution in [1.82, 2.24) is 15.0 Å². The molecule has 8 nitrogen and oxygen atoms in total. The van der Waals surface area contributed by atoms with Crippen LogP contribution in [0.5, 0.6) is 11.5 Å². The molecule has 1 aromatic heterocycles. The standard InChI is InChI=1S/C26H24F3N3O5S/c1-25(2)12-22(33)32(24(25)34)13-21-30-23(31-37-21)15-7-8-18(17(11-15)26(27,28)29)36-19-5-3-4-6-20(19)38-16-9-10-35-14-16/h3-8,11,16H,9-10,12-14H2,1-2H3. The van der Waals surface area contributed by atoms with Gasteiger partial charge in [-0.3, -0.25) is 14.5 Å². The zero-order valence-corrected chi connectivity index (χ0v) is 21.4. The van der Waals surface area contributed by atoms with E-state index in [1.54, 1.807) is 38.1 Å². The lowest BCUT2D eigenvalue weighted by atomic mass is 9.92. The van der Waals surface area contributed by atoms with E-state index < -0.39 is 17.2 Å². The molecular weight excluding hydrogens is 523 g/mol. The number of thioether (sulfide) groups is 1.